The number of carbonyl (C=O) groups excluding carboxylic acids is 1. The molecule has 0 fully saturated rings. The average Bonchev–Trinajstić information content (AvgIpc) is 2.56. The van der Waals surface area contributed by atoms with E-state index >= 15 is 0 Å². The quantitative estimate of drug-likeness (QED) is 0.525. The van der Waals surface area contributed by atoms with E-state index in [9.17, 15) is 4.79 Å². The molecule has 114 valence electrons. The molecule has 0 saturated carbocycles. The normalized spacial score (nSPS) is 10.3. The Kier molecular flexibility index (Phi) is 4.20. The fourth-order valence-corrected chi connectivity index (χ4v) is 2.30. The molecule has 0 amide bonds. The largest absolute Gasteiger partial charge is 0.422 e. The van der Waals surface area contributed by atoms with Gasteiger partial charge in [0.25, 0.3) is 0 Å². The lowest BCUT2D eigenvalue weighted by atomic mass is 10.1. The first kappa shape index (κ1) is 15.0. The van der Waals surface area contributed by atoms with Crippen LogP contribution >= 0.6 is 0 Å². The second kappa shape index (κ2) is 6.44. The zero-order chi connectivity index (χ0) is 16.2. The molecule has 1 heterocycles. The molecule has 0 N–H and O–H groups in total. The highest BCUT2D eigenvalue weighted by atomic mass is 16.5. The lowest BCUT2D eigenvalue weighted by Gasteiger charge is -2.11. The number of aromatic nitrogens is 1. The number of carbonyl (C=O) groups is 1. The van der Waals surface area contributed by atoms with Gasteiger partial charge in [0.2, 0.25) is 0 Å². The maximum atomic E-state index is 12.4. The number of rotatable bonds is 3. The molecule has 0 spiro atoms. The molecular formula is C20H17NO2. The minimum Gasteiger partial charge on any atom is -0.422 e. The summed E-state index contributed by atoms with van der Waals surface area (Å²) < 4.78 is 5.63. The first-order valence-electron chi connectivity index (χ1n) is 7.44. The summed E-state index contributed by atoms with van der Waals surface area (Å²) >= 11 is 0. The predicted octanol–water partition coefficient (Wildman–Crippen LogP) is 4.58. The van der Waals surface area contributed by atoms with Gasteiger partial charge in [0.15, 0.2) is 0 Å². The highest BCUT2D eigenvalue weighted by Gasteiger charge is 2.13. The van der Waals surface area contributed by atoms with Crippen molar-refractivity contribution in [1.82, 2.24) is 4.98 Å². The molecule has 2 aromatic carbocycles. The zero-order valence-electron chi connectivity index (χ0n) is 13.1. The molecule has 0 radical (unpaired) electrons. The second-order valence-corrected chi connectivity index (χ2v) is 5.47. The third-order valence-electron chi connectivity index (χ3n) is 3.57. The van der Waals surface area contributed by atoms with E-state index in [4.69, 9.17) is 4.74 Å². The Morgan fingerprint density at radius 2 is 1.65 bits per heavy atom. The number of aryl methyl sites for hydroxylation is 2. The lowest BCUT2D eigenvalue weighted by molar-refractivity contribution is 0.0735. The van der Waals surface area contributed by atoms with Crippen molar-refractivity contribution in [3.05, 3.63) is 83.6 Å². The van der Waals surface area contributed by atoms with Crippen LogP contribution in [0.25, 0.3) is 11.3 Å². The fraction of sp³-hybridized carbons (Fsp3) is 0.100. The topological polar surface area (TPSA) is 39.2 Å². The summed E-state index contributed by atoms with van der Waals surface area (Å²) in [6.45, 7) is 3.94. The third kappa shape index (κ3) is 3.46. The molecule has 3 aromatic rings. The number of hydrogen-bond acceptors (Lipinski definition) is 3. The van der Waals surface area contributed by atoms with E-state index in [1.165, 1.54) is 0 Å². The second-order valence-electron chi connectivity index (χ2n) is 5.47. The minimum atomic E-state index is -0.368. The van der Waals surface area contributed by atoms with Gasteiger partial charge in [0.05, 0.1) is 11.3 Å². The monoisotopic (exact) mass is 303 g/mol. The Morgan fingerprint density at radius 1 is 0.913 bits per heavy atom. The average molecular weight is 303 g/mol. The van der Waals surface area contributed by atoms with Gasteiger partial charge in [-0.1, -0.05) is 29.8 Å². The van der Waals surface area contributed by atoms with E-state index in [-0.39, 0.29) is 5.97 Å². The fourth-order valence-electron chi connectivity index (χ4n) is 2.30. The van der Waals surface area contributed by atoms with E-state index in [1.807, 2.05) is 62.4 Å². The number of esters is 1. The Labute approximate surface area is 135 Å². The standard InChI is InChI=1S/C20H17NO2/c1-14-6-9-16(10-7-14)20(22)23-19-13-15(2)8-11-17(19)18-5-3-4-12-21-18/h3-13H,1-2H3. The van der Waals surface area contributed by atoms with Crippen LogP contribution in [0.3, 0.4) is 0 Å². The first-order valence-corrected chi connectivity index (χ1v) is 7.44. The highest BCUT2D eigenvalue weighted by Crippen LogP contribution is 2.30. The van der Waals surface area contributed by atoms with Gasteiger partial charge in [-0.25, -0.2) is 4.79 Å². The van der Waals surface area contributed by atoms with Gasteiger partial charge in [-0.3, -0.25) is 4.98 Å². The van der Waals surface area contributed by atoms with Crippen LogP contribution in [-0.4, -0.2) is 11.0 Å². The molecule has 0 bridgehead atoms. The van der Waals surface area contributed by atoms with Crippen molar-refractivity contribution in [2.45, 2.75) is 13.8 Å². The lowest BCUT2D eigenvalue weighted by Crippen LogP contribution is -2.09. The van der Waals surface area contributed by atoms with Crippen molar-refractivity contribution in [3.8, 4) is 17.0 Å². The molecule has 0 atom stereocenters. The molecule has 0 aliphatic carbocycles. The molecule has 0 aliphatic rings. The summed E-state index contributed by atoms with van der Waals surface area (Å²) in [6.07, 6.45) is 1.72. The number of pyridine rings is 1. The van der Waals surface area contributed by atoms with E-state index in [0.717, 1.165) is 22.4 Å². The van der Waals surface area contributed by atoms with Crippen LogP contribution in [-0.2, 0) is 0 Å². The molecule has 3 rings (SSSR count). The first-order chi connectivity index (χ1) is 11.1. The Bertz CT molecular complexity index is 824. The molecule has 3 heteroatoms. The van der Waals surface area contributed by atoms with Gasteiger partial charge < -0.3 is 4.74 Å². The molecule has 1 aromatic heterocycles. The van der Waals surface area contributed by atoms with E-state index in [0.29, 0.717) is 11.3 Å². The van der Waals surface area contributed by atoms with Crippen LogP contribution in [0.15, 0.2) is 66.9 Å². The van der Waals surface area contributed by atoms with Gasteiger partial charge >= 0.3 is 5.97 Å². The van der Waals surface area contributed by atoms with E-state index < -0.39 is 0 Å². The Balaban J connectivity index is 1.94. The van der Waals surface area contributed by atoms with Gasteiger partial charge in [-0.05, 0) is 55.8 Å². The Morgan fingerprint density at radius 3 is 2.35 bits per heavy atom. The number of ether oxygens (including phenoxy) is 1. The smallest absolute Gasteiger partial charge is 0.343 e. The summed E-state index contributed by atoms with van der Waals surface area (Å²) in [6, 6.07) is 18.8. The van der Waals surface area contributed by atoms with Crippen LogP contribution in [0.2, 0.25) is 0 Å². The Hall–Kier alpha value is -2.94. The SMILES string of the molecule is Cc1ccc(C(=O)Oc2cc(C)ccc2-c2ccccn2)cc1. The number of hydrogen-bond donors (Lipinski definition) is 0. The predicted molar refractivity (Wildman–Crippen MR) is 90.5 cm³/mol. The van der Waals surface area contributed by atoms with Crippen molar-refractivity contribution in [1.29, 1.82) is 0 Å². The van der Waals surface area contributed by atoms with Gasteiger partial charge in [-0.2, -0.15) is 0 Å². The summed E-state index contributed by atoms with van der Waals surface area (Å²) in [5, 5.41) is 0. The minimum absolute atomic E-state index is 0.368. The van der Waals surface area contributed by atoms with E-state index in [2.05, 4.69) is 4.98 Å². The maximum Gasteiger partial charge on any atom is 0.343 e. The van der Waals surface area contributed by atoms with Crippen LogP contribution in [0.1, 0.15) is 21.5 Å². The van der Waals surface area contributed by atoms with Gasteiger partial charge in [-0.15, -0.1) is 0 Å². The molecule has 0 unspecified atom stereocenters. The summed E-state index contributed by atoms with van der Waals surface area (Å²) in [7, 11) is 0. The molecule has 0 saturated heterocycles. The highest BCUT2D eigenvalue weighted by molar-refractivity contribution is 5.92. The van der Waals surface area contributed by atoms with Crippen LogP contribution < -0.4 is 4.74 Å². The van der Waals surface area contributed by atoms with Crippen molar-refractivity contribution < 1.29 is 9.53 Å². The maximum absolute atomic E-state index is 12.4. The molecular weight excluding hydrogens is 286 g/mol. The van der Waals surface area contributed by atoms with Crippen molar-refractivity contribution in [2.75, 3.05) is 0 Å². The van der Waals surface area contributed by atoms with Crippen LogP contribution in [0, 0.1) is 13.8 Å². The summed E-state index contributed by atoms with van der Waals surface area (Å²) in [4.78, 5) is 16.7. The third-order valence-corrected chi connectivity index (χ3v) is 3.57. The molecule has 23 heavy (non-hydrogen) atoms. The van der Waals surface area contributed by atoms with Crippen molar-refractivity contribution in [2.24, 2.45) is 0 Å². The van der Waals surface area contributed by atoms with Crippen LogP contribution in [0.4, 0.5) is 0 Å². The van der Waals surface area contributed by atoms with Crippen molar-refractivity contribution in [3.63, 3.8) is 0 Å². The van der Waals surface area contributed by atoms with Gasteiger partial charge in [0, 0.05) is 11.8 Å². The number of nitrogens with zero attached hydrogens (tertiary/aromatic N) is 1. The zero-order valence-corrected chi connectivity index (χ0v) is 13.1. The molecule has 0 aliphatic heterocycles. The van der Waals surface area contributed by atoms with Crippen molar-refractivity contribution >= 4 is 5.97 Å². The van der Waals surface area contributed by atoms with Gasteiger partial charge in [0.1, 0.15) is 5.75 Å². The number of benzene rings is 2. The summed E-state index contributed by atoms with van der Waals surface area (Å²) in [5.41, 5.74) is 4.24. The molecule has 3 nitrogen and oxygen atoms in total. The summed E-state index contributed by atoms with van der Waals surface area (Å²) in [5.74, 6) is 0.155. The van der Waals surface area contributed by atoms with E-state index in [1.54, 1.807) is 18.3 Å². The van der Waals surface area contributed by atoms with Crippen LogP contribution in [0.5, 0.6) is 5.75 Å².